The number of nitrogens with one attached hydrogen (secondary N) is 1. The van der Waals surface area contributed by atoms with E-state index in [4.69, 9.17) is 10.7 Å². The third-order valence-electron chi connectivity index (χ3n) is 3.10. The summed E-state index contributed by atoms with van der Waals surface area (Å²) in [5, 5.41) is 3.11. The second-order valence-electron chi connectivity index (χ2n) is 4.16. The number of hydrogen-bond acceptors (Lipinski definition) is 2. The van der Waals surface area contributed by atoms with Gasteiger partial charge in [-0.2, -0.15) is 0 Å². The number of carbonyl (C=O) groups excluding carboxylic acids is 2. The molecule has 3 atom stereocenters. The standard InChI is InChI=1S/C9H15ClN2O2S/c1-6(13)11-7-3-4-12-8(14)5-9(12)15(7,2)10/h7,9H,3-5H2,1-2H3,(H,11,13)/t7?,9-/m1/s1. The molecule has 2 saturated heterocycles. The lowest BCUT2D eigenvalue weighted by Crippen LogP contribution is -2.61. The zero-order valence-corrected chi connectivity index (χ0v) is 10.4. The smallest absolute Gasteiger partial charge is 0.226 e. The van der Waals surface area contributed by atoms with E-state index in [1.807, 2.05) is 11.2 Å². The van der Waals surface area contributed by atoms with Crippen molar-refractivity contribution in [2.45, 2.75) is 30.5 Å². The molecule has 2 fully saturated rings. The quantitative estimate of drug-likeness (QED) is 0.706. The van der Waals surface area contributed by atoms with Crippen molar-refractivity contribution in [3.8, 4) is 0 Å². The van der Waals surface area contributed by atoms with E-state index in [9.17, 15) is 9.59 Å². The predicted octanol–water partition coefficient (Wildman–Crippen LogP) is 0.999. The van der Waals surface area contributed by atoms with Crippen LogP contribution < -0.4 is 5.32 Å². The van der Waals surface area contributed by atoms with Crippen LogP contribution in [0.2, 0.25) is 0 Å². The van der Waals surface area contributed by atoms with E-state index in [1.165, 1.54) is 6.92 Å². The number of halogens is 1. The summed E-state index contributed by atoms with van der Waals surface area (Å²) in [5.41, 5.74) is 0. The molecule has 0 radical (unpaired) electrons. The molecular formula is C9H15ClN2O2S. The zero-order chi connectivity index (χ0) is 11.2. The van der Waals surface area contributed by atoms with Crippen LogP contribution in [0, 0.1) is 0 Å². The van der Waals surface area contributed by atoms with Crippen LogP contribution in [-0.2, 0) is 9.59 Å². The van der Waals surface area contributed by atoms with Gasteiger partial charge in [-0.1, -0.05) is 10.7 Å². The van der Waals surface area contributed by atoms with Crippen LogP contribution >= 0.6 is 19.9 Å². The molecule has 1 N–H and O–H groups in total. The molecule has 2 rings (SSSR count). The summed E-state index contributed by atoms with van der Waals surface area (Å²) in [6.07, 6.45) is 3.31. The molecule has 2 unspecified atom stereocenters. The highest BCUT2D eigenvalue weighted by molar-refractivity contribution is 8.51. The van der Waals surface area contributed by atoms with Gasteiger partial charge < -0.3 is 10.2 Å². The van der Waals surface area contributed by atoms with Crippen molar-refractivity contribution < 1.29 is 9.59 Å². The van der Waals surface area contributed by atoms with Gasteiger partial charge in [-0.15, -0.1) is 9.24 Å². The Morgan fingerprint density at radius 1 is 1.67 bits per heavy atom. The van der Waals surface area contributed by atoms with E-state index in [0.29, 0.717) is 6.42 Å². The van der Waals surface area contributed by atoms with Crippen LogP contribution in [0.5, 0.6) is 0 Å². The fourth-order valence-electron chi connectivity index (χ4n) is 2.20. The number of carbonyl (C=O) groups is 2. The Balaban J connectivity index is 2.10. The van der Waals surface area contributed by atoms with Gasteiger partial charge in [0, 0.05) is 13.5 Å². The predicted molar refractivity (Wildman–Crippen MR) is 61.7 cm³/mol. The maximum absolute atomic E-state index is 11.3. The fourth-order valence-corrected chi connectivity index (χ4v) is 5.61. The molecule has 2 amide bonds. The highest BCUT2D eigenvalue weighted by Crippen LogP contribution is 2.65. The first-order chi connectivity index (χ1) is 6.93. The molecule has 0 aromatic carbocycles. The second kappa shape index (κ2) is 3.56. The molecule has 0 bridgehead atoms. The maximum atomic E-state index is 11.3. The van der Waals surface area contributed by atoms with Crippen molar-refractivity contribution in [3.05, 3.63) is 0 Å². The SMILES string of the molecule is CC(=O)NC1CCN2C(=O)C[C@H]2S1(C)Cl. The first-order valence-electron chi connectivity index (χ1n) is 4.95. The summed E-state index contributed by atoms with van der Waals surface area (Å²) in [6, 6.07) is 0. The monoisotopic (exact) mass is 250 g/mol. The molecule has 6 heteroatoms. The summed E-state index contributed by atoms with van der Waals surface area (Å²) in [5.74, 6) is 0.152. The topological polar surface area (TPSA) is 49.4 Å². The van der Waals surface area contributed by atoms with Crippen molar-refractivity contribution in [2.24, 2.45) is 0 Å². The minimum Gasteiger partial charge on any atom is -0.345 e. The number of hydrogen-bond donors (Lipinski definition) is 1. The first-order valence-corrected chi connectivity index (χ1v) is 7.94. The van der Waals surface area contributed by atoms with E-state index in [-0.39, 0.29) is 22.6 Å². The molecule has 4 nitrogen and oxygen atoms in total. The van der Waals surface area contributed by atoms with Crippen LogP contribution in [0.15, 0.2) is 0 Å². The van der Waals surface area contributed by atoms with Gasteiger partial charge in [-0.3, -0.25) is 9.59 Å². The fraction of sp³-hybridized carbons (Fsp3) is 0.778. The normalized spacial score (nSPS) is 43.7. The lowest BCUT2D eigenvalue weighted by molar-refractivity contribution is -0.142. The van der Waals surface area contributed by atoms with Gasteiger partial charge in [0.15, 0.2) is 0 Å². The molecule has 2 aliphatic rings. The molecule has 0 spiro atoms. The molecule has 0 aliphatic carbocycles. The van der Waals surface area contributed by atoms with Crippen LogP contribution in [0.25, 0.3) is 0 Å². The lowest BCUT2D eigenvalue weighted by Gasteiger charge is -2.57. The summed E-state index contributed by atoms with van der Waals surface area (Å²) in [7, 11) is 5.07. The van der Waals surface area contributed by atoms with Crippen LogP contribution in [0.3, 0.4) is 0 Å². The summed E-state index contributed by atoms with van der Waals surface area (Å²) >= 11 is 0. The minimum absolute atomic E-state index is 0.0431. The van der Waals surface area contributed by atoms with Gasteiger partial charge in [0.1, 0.15) is 0 Å². The molecule has 86 valence electrons. The third-order valence-corrected chi connectivity index (χ3v) is 7.32. The highest BCUT2D eigenvalue weighted by atomic mass is 35.7. The number of nitrogens with zero attached hydrogens (tertiary/aromatic N) is 1. The van der Waals surface area contributed by atoms with E-state index in [1.54, 1.807) is 0 Å². The van der Waals surface area contributed by atoms with Gasteiger partial charge in [0.05, 0.1) is 17.2 Å². The van der Waals surface area contributed by atoms with Crippen molar-refractivity contribution in [3.63, 3.8) is 0 Å². The summed E-state index contributed by atoms with van der Waals surface area (Å²) in [4.78, 5) is 24.2. The second-order valence-corrected chi connectivity index (χ2v) is 9.15. The van der Waals surface area contributed by atoms with E-state index in [2.05, 4.69) is 5.32 Å². The van der Waals surface area contributed by atoms with Crippen LogP contribution in [-0.4, -0.2) is 40.3 Å². The highest BCUT2D eigenvalue weighted by Gasteiger charge is 2.51. The third kappa shape index (κ3) is 1.72. The van der Waals surface area contributed by atoms with E-state index >= 15 is 0 Å². The van der Waals surface area contributed by atoms with Gasteiger partial charge in [-0.05, 0) is 12.7 Å². The van der Waals surface area contributed by atoms with Crippen molar-refractivity contribution in [1.29, 1.82) is 0 Å². The van der Waals surface area contributed by atoms with E-state index < -0.39 is 9.24 Å². The van der Waals surface area contributed by atoms with Crippen LogP contribution in [0.1, 0.15) is 19.8 Å². The first kappa shape index (κ1) is 11.1. The number of rotatable bonds is 1. The maximum Gasteiger partial charge on any atom is 0.226 e. The molecule has 2 heterocycles. The number of β-lactam (4-membered cyclic amide) rings is 1. The van der Waals surface area contributed by atoms with Gasteiger partial charge in [0.25, 0.3) is 0 Å². The summed E-state index contributed by atoms with van der Waals surface area (Å²) < 4.78 is 0. The Kier molecular flexibility index (Phi) is 2.63. The molecule has 15 heavy (non-hydrogen) atoms. The molecular weight excluding hydrogens is 236 g/mol. The Morgan fingerprint density at radius 3 is 2.87 bits per heavy atom. The lowest BCUT2D eigenvalue weighted by atomic mass is 10.2. The Labute approximate surface area is 95.1 Å². The zero-order valence-electron chi connectivity index (χ0n) is 8.83. The average Bonchev–Trinajstić information content (AvgIpc) is 2.10. The van der Waals surface area contributed by atoms with Crippen molar-refractivity contribution in [2.75, 3.05) is 12.8 Å². The van der Waals surface area contributed by atoms with Gasteiger partial charge in [-0.25, -0.2) is 0 Å². The van der Waals surface area contributed by atoms with Crippen molar-refractivity contribution >= 4 is 31.7 Å². The largest absolute Gasteiger partial charge is 0.345 e. The Morgan fingerprint density at radius 2 is 2.33 bits per heavy atom. The Bertz CT molecular complexity index is 321. The van der Waals surface area contributed by atoms with Gasteiger partial charge in [0.2, 0.25) is 11.8 Å². The number of fused-ring (bicyclic) bond motifs is 1. The molecule has 0 saturated carbocycles. The average molecular weight is 251 g/mol. The molecule has 0 aromatic heterocycles. The van der Waals surface area contributed by atoms with Crippen molar-refractivity contribution in [1.82, 2.24) is 10.2 Å². The van der Waals surface area contributed by atoms with E-state index in [0.717, 1.165) is 13.0 Å². The van der Waals surface area contributed by atoms with Gasteiger partial charge >= 0.3 is 0 Å². The molecule has 2 aliphatic heterocycles. The minimum atomic E-state index is -1.45. The van der Waals surface area contributed by atoms with Crippen LogP contribution in [0.4, 0.5) is 0 Å². The summed E-state index contributed by atoms with van der Waals surface area (Å²) in [6.45, 7) is 2.23. The number of amides is 2. The molecule has 0 aromatic rings. The Hall–Kier alpha value is -0.420.